The Morgan fingerprint density at radius 3 is 2.91 bits per heavy atom. The monoisotopic (exact) mass is 303 g/mol. The Hall–Kier alpha value is -2.04. The SMILES string of the molecule is C=CCc1ccc(N[C@@H]2CCN(C(=O)OC(C)(C)C)C2)nc1. The second-order valence-electron chi connectivity index (χ2n) is 6.60. The normalized spacial score (nSPS) is 18.1. The number of pyridine rings is 1. The molecule has 1 aliphatic heterocycles. The van der Waals surface area contributed by atoms with E-state index in [1.807, 2.05) is 45.2 Å². The van der Waals surface area contributed by atoms with Gasteiger partial charge in [0.2, 0.25) is 0 Å². The average molecular weight is 303 g/mol. The van der Waals surface area contributed by atoms with E-state index in [-0.39, 0.29) is 12.1 Å². The van der Waals surface area contributed by atoms with Crippen molar-refractivity contribution in [3.8, 4) is 0 Å². The number of rotatable bonds is 4. The standard InChI is InChI=1S/C17H25N3O2/c1-5-6-13-7-8-15(18-11-13)19-14-9-10-20(12-14)16(21)22-17(2,3)4/h5,7-8,11,14H,1,6,9-10,12H2,2-4H3,(H,18,19)/t14-/m1/s1. The fraction of sp³-hybridized carbons (Fsp3) is 0.529. The van der Waals surface area contributed by atoms with Gasteiger partial charge in [0.1, 0.15) is 11.4 Å². The molecule has 1 aromatic heterocycles. The van der Waals surface area contributed by atoms with Crippen molar-refractivity contribution in [3.63, 3.8) is 0 Å². The quantitative estimate of drug-likeness (QED) is 0.868. The van der Waals surface area contributed by atoms with Gasteiger partial charge in [-0.15, -0.1) is 6.58 Å². The first-order valence-corrected chi connectivity index (χ1v) is 7.67. The van der Waals surface area contributed by atoms with Gasteiger partial charge < -0.3 is 15.0 Å². The minimum atomic E-state index is -0.453. The summed E-state index contributed by atoms with van der Waals surface area (Å²) >= 11 is 0. The molecule has 2 rings (SSSR count). The van der Waals surface area contributed by atoms with Crippen LogP contribution in [0.3, 0.4) is 0 Å². The second-order valence-corrected chi connectivity index (χ2v) is 6.60. The zero-order valence-electron chi connectivity index (χ0n) is 13.6. The van der Waals surface area contributed by atoms with Crippen molar-refractivity contribution in [1.82, 2.24) is 9.88 Å². The van der Waals surface area contributed by atoms with Gasteiger partial charge in [-0.2, -0.15) is 0 Å². The third kappa shape index (κ3) is 4.76. The highest BCUT2D eigenvalue weighted by atomic mass is 16.6. The van der Waals surface area contributed by atoms with Gasteiger partial charge in [0, 0.05) is 25.3 Å². The van der Waals surface area contributed by atoms with Crippen LogP contribution in [0.5, 0.6) is 0 Å². The molecule has 1 saturated heterocycles. The predicted molar refractivity (Wildman–Crippen MR) is 88.0 cm³/mol. The van der Waals surface area contributed by atoms with Gasteiger partial charge in [0.25, 0.3) is 0 Å². The number of amides is 1. The number of likely N-dealkylation sites (tertiary alicyclic amines) is 1. The molecule has 1 aromatic rings. The number of anilines is 1. The molecule has 0 bridgehead atoms. The van der Waals surface area contributed by atoms with Crippen LogP contribution in [-0.2, 0) is 11.2 Å². The van der Waals surface area contributed by atoms with Crippen LogP contribution < -0.4 is 5.32 Å². The zero-order chi connectivity index (χ0) is 16.2. The Morgan fingerprint density at radius 2 is 2.32 bits per heavy atom. The smallest absolute Gasteiger partial charge is 0.410 e. The third-order valence-corrected chi connectivity index (χ3v) is 3.40. The van der Waals surface area contributed by atoms with Gasteiger partial charge in [0.15, 0.2) is 0 Å². The van der Waals surface area contributed by atoms with Gasteiger partial charge >= 0.3 is 6.09 Å². The Labute approximate surface area is 132 Å². The van der Waals surface area contributed by atoms with E-state index in [0.29, 0.717) is 13.1 Å². The number of nitrogens with zero attached hydrogens (tertiary/aromatic N) is 2. The lowest BCUT2D eigenvalue weighted by molar-refractivity contribution is 0.0293. The van der Waals surface area contributed by atoms with Crippen LogP contribution in [0.25, 0.3) is 0 Å². The van der Waals surface area contributed by atoms with E-state index in [1.165, 1.54) is 0 Å². The Morgan fingerprint density at radius 1 is 1.55 bits per heavy atom. The maximum absolute atomic E-state index is 12.0. The molecule has 5 nitrogen and oxygen atoms in total. The number of ether oxygens (including phenoxy) is 1. The van der Waals surface area contributed by atoms with E-state index < -0.39 is 5.60 Å². The fourth-order valence-corrected chi connectivity index (χ4v) is 2.38. The number of nitrogens with one attached hydrogen (secondary N) is 1. The minimum Gasteiger partial charge on any atom is -0.444 e. The van der Waals surface area contributed by atoms with Crippen LogP contribution in [0.4, 0.5) is 10.6 Å². The van der Waals surface area contributed by atoms with E-state index in [1.54, 1.807) is 4.90 Å². The van der Waals surface area contributed by atoms with Crippen molar-refractivity contribution in [2.75, 3.05) is 18.4 Å². The number of carbonyl (C=O) groups is 1. The molecule has 22 heavy (non-hydrogen) atoms. The van der Waals surface area contributed by atoms with E-state index >= 15 is 0 Å². The topological polar surface area (TPSA) is 54.5 Å². The molecule has 0 aromatic carbocycles. The van der Waals surface area contributed by atoms with Gasteiger partial charge in [-0.05, 0) is 45.2 Å². The highest BCUT2D eigenvalue weighted by molar-refractivity contribution is 5.68. The van der Waals surface area contributed by atoms with Crippen molar-refractivity contribution in [1.29, 1.82) is 0 Å². The number of aromatic nitrogens is 1. The summed E-state index contributed by atoms with van der Waals surface area (Å²) in [7, 11) is 0. The highest BCUT2D eigenvalue weighted by Gasteiger charge is 2.29. The molecule has 5 heteroatoms. The average Bonchev–Trinajstić information content (AvgIpc) is 2.88. The molecule has 120 valence electrons. The number of carbonyl (C=O) groups excluding carboxylic acids is 1. The maximum Gasteiger partial charge on any atom is 0.410 e. The zero-order valence-corrected chi connectivity index (χ0v) is 13.6. The molecule has 1 atom stereocenters. The Balaban J connectivity index is 1.85. The van der Waals surface area contributed by atoms with Crippen LogP contribution in [0, 0.1) is 0 Å². The van der Waals surface area contributed by atoms with E-state index in [0.717, 1.165) is 24.2 Å². The summed E-state index contributed by atoms with van der Waals surface area (Å²) in [6.45, 7) is 10.7. The van der Waals surface area contributed by atoms with Crippen molar-refractivity contribution < 1.29 is 9.53 Å². The summed E-state index contributed by atoms with van der Waals surface area (Å²) in [4.78, 5) is 18.2. The molecule has 1 N–H and O–H groups in total. The first-order chi connectivity index (χ1) is 10.4. The molecule has 0 saturated carbocycles. The van der Waals surface area contributed by atoms with E-state index in [9.17, 15) is 4.79 Å². The minimum absolute atomic E-state index is 0.213. The second kappa shape index (κ2) is 6.81. The number of hydrogen-bond acceptors (Lipinski definition) is 4. The molecule has 1 fully saturated rings. The van der Waals surface area contributed by atoms with Crippen LogP contribution >= 0.6 is 0 Å². The predicted octanol–water partition coefficient (Wildman–Crippen LogP) is 3.23. The van der Waals surface area contributed by atoms with Crippen molar-refractivity contribution >= 4 is 11.9 Å². The fourth-order valence-electron chi connectivity index (χ4n) is 2.38. The van der Waals surface area contributed by atoms with Crippen molar-refractivity contribution in [2.24, 2.45) is 0 Å². The lowest BCUT2D eigenvalue weighted by Gasteiger charge is -2.24. The van der Waals surface area contributed by atoms with Crippen LogP contribution in [-0.4, -0.2) is 40.7 Å². The largest absolute Gasteiger partial charge is 0.444 e. The maximum atomic E-state index is 12.0. The van der Waals surface area contributed by atoms with Crippen LogP contribution in [0.1, 0.15) is 32.8 Å². The summed E-state index contributed by atoms with van der Waals surface area (Å²) in [5.41, 5.74) is 0.688. The van der Waals surface area contributed by atoms with Gasteiger partial charge in [-0.3, -0.25) is 0 Å². The molecule has 2 heterocycles. The molecule has 1 aliphatic rings. The van der Waals surface area contributed by atoms with Gasteiger partial charge in [-0.1, -0.05) is 12.1 Å². The lowest BCUT2D eigenvalue weighted by atomic mass is 10.2. The first-order valence-electron chi connectivity index (χ1n) is 7.67. The lowest BCUT2D eigenvalue weighted by Crippen LogP contribution is -2.36. The van der Waals surface area contributed by atoms with Gasteiger partial charge in [0.05, 0.1) is 0 Å². The molecule has 0 unspecified atom stereocenters. The first kappa shape index (κ1) is 16.3. The molecule has 0 spiro atoms. The number of allylic oxidation sites excluding steroid dienone is 1. The van der Waals surface area contributed by atoms with Crippen molar-refractivity contribution in [2.45, 2.75) is 45.3 Å². The molecule has 0 radical (unpaired) electrons. The summed E-state index contributed by atoms with van der Waals surface area (Å²) < 4.78 is 5.40. The Bertz CT molecular complexity index is 520. The van der Waals surface area contributed by atoms with Crippen LogP contribution in [0.15, 0.2) is 31.0 Å². The Kier molecular flexibility index (Phi) is 5.06. The molecular weight excluding hydrogens is 278 g/mol. The van der Waals surface area contributed by atoms with E-state index in [4.69, 9.17) is 4.74 Å². The molecule has 1 amide bonds. The highest BCUT2D eigenvalue weighted by Crippen LogP contribution is 2.18. The molecule has 0 aliphatic carbocycles. The van der Waals surface area contributed by atoms with E-state index in [2.05, 4.69) is 16.9 Å². The summed E-state index contributed by atoms with van der Waals surface area (Å²) in [5.74, 6) is 0.837. The third-order valence-electron chi connectivity index (χ3n) is 3.40. The summed E-state index contributed by atoms with van der Waals surface area (Å²) in [5, 5.41) is 3.37. The summed E-state index contributed by atoms with van der Waals surface area (Å²) in [6.07, 6.45) is 5.19. The number of hydrogen-bond donors (Lipinski definition) is 1. The van der Waals surface area contributed by atoms with Crippen molar-refractivity contribution in [3.05, 3.63) is 36.5 Å². The molecular formula is C17H25N3O2. The van der Waals surface area contributed by atoms with Crippen LogP contribution in [0.2, 0.25) is 0 Å². The summed E-state index contributed by atoms with van der Waals surface area (Å²) in [6, 6.07) is 4.22. The van der Waals surface area contributed by atoms with Gasteiger partial charge in [-0.25, -0.2) is 9.78 Å².